The molecule has 0 aliphatic carbocycles. The largest absolute Gasteiger partial charge is 0.312 e. The van der Waals surface area contributed by atoms with E-state index >= 15 is 0 Å². The number of carbonyl (C=O) groups excluding carboxylic acids is 2. The molecule has 1 atom stereocenters. The summed E-state index contributed by atoms with van der Waals surface area (Å²) >= 11 is 1.26. The van der Waals surface area contributed by atoms with Gasteiger partial charge in [-0.1, -0.05) is 30.0 Å². The molecule has 1 aromatic carbocycles. The fraction of sp³-hybridized carbons (Fsp3) is 0.231. The van der Waals surface area contributed by atoms with Crippen LogP contribution < -0.4 is 10.9 Å². The lowest BCUT2D eigenvalue weighted by atomic mass is 10.2. The number of benzene rings is 1. The van der Waals surface area contributed by atoms with Crippen LogP contribution in [0.2, 0.25) is 0 Å². The summed E-state index contributed by atoms with van der Waals surface area (Å²) in [5, 5.41) is 7.85. The van der Waals surface area contributed by atoms with Crippen LogP contribution in [-0.2, 0) is 11.8 Å². The molecule has 1 aromatic heterocycles. The standard InChI is InChI=1S/C13H15N5O2S/c1-9(21-13-17-14-8-18(13)2)11(19)15-16-12(20)10-6-4-3-5-7-10/h3-9H,1-2H3,(H,15,19)(H,16,20)/t9-/m0/s1. The molecule has 0 aliphatic rings. The number of hydrogen-bond acceptors (Lipinski definition) is 5. The molecular formula is C13H15N5O2S. The van der Waals surface area contributed by atoms with Gasteiger partial charge in [0, 0.05) is 12.6 Å². The van der Waals surface area contributed by atoms with Gasteiger partial charge in [0.05, 0.1) is 5.25 Å². The van der Waals surface area contributed by atoms with Crippen molar-refractivity contribution >= 4 is 23.6 Å². The van der Waals surface area contributed by atoms with E-state index < -0.39 is 5.25 Å². The van der Waals surface area contributed by atoms with E-state index in [4.69, 9.17) is 0 Å². The maximum absolute atomic E-state index is 11.9. The van der Waals surface area contributed by atoms with Crippen molar-refractivity contribution in [2.24, 2.45) is 7.05 Å². The van der Waals surface area contributed by atoms with Crippen LogP contribution >= 0.6 is 11.8 Å². The molecular weight excluding hydrogens is 290 g/mol. The third kappa shape index (κ3) is 4.06. The molecule has 110 valence electrons. The van der Waals surface area contributed by atoms with Gasteiger partial charge in [0.25, 0.3) is 11.8 Å². The third-order valence-corrected chi connectivity index (χ3v) is 3.80. The number of thioether (sulfide) groups is 1. The van der Waals surface area contributed by atoms with Gasteiger partial charge in [-0.15, -0.1) is 10.2 Å². The second-order valence-electron chi connectivity index (χ2n) is 4.29. The average molecular weight is 305 g/mol. The number of rotatable bonds is 4. The van der Waals surface area contributed by atoms with Crippen molar-refractivity contribution in [3.63, 3.8) is 0 Å². The Morgan fingerprint density at radius 2 is 1.95 bits per heavy atom. The van der Waals surface area contributed by atoms with Gasteiger partial charge in [0.2, 0.25) is 0 Å². The van der Waals surface area contributed by atoms with E-state index in [0.717, 1.165) is 0 Å². The molecule has 2 rings (SSSR count). The van der Waals surface area contributed by atoms with Crippen molar-refractivity contribution in [1.82, 2.24) is 25.6 Å². The minimum Gasteiger partial charge on any atom is -0.312 e. The zero-order chi connectivity index (χ0) is 15.2. The van der Waals surface area contributed by atoms with E-state index in [1.165, 1.54) is 11.8 Å². The summed E-state index contributed by atoms with van der Waals surface area (Å²) in [6.45, 7) is 1.73. The van der Waals surface area contributed by atoms with Crippen LogP contribution in [0.25, 0.3) is 0 Å². The van der Waals surface area contributed by atoms with Crippen LogP contribution in [-0.4, -0.2) is 31.8 Å². The van der Waals surface area contributed by atoms with Gasteiger partial charge in [-0.3, -0.25) is 20.4 Å². The number of hydrogen-bond donors (Lipinski definition) is 2. The molecule has 0 saturated heterocycles. The second kappa shape index (κ2) is 6.89. The molecule has 0 unspecified atom stereocenters. The lowest BCUT2D eigenvalue weighted by Gasteiger charge is -2.12. The van der Waals surface area contributed by atoms with Crippen molar-refractivity contribution in [2.45, 2.75) is 17.3 Å². The van der Waals surface area contributed by atoms with Crippen molar-refractivity contribution in [2.75, 3.05) is 0 Å². The Morgan fingerprint density at radius 3 is 2.57 bits per heavy atom. The summed E-state index contributed by atoms with van der Waals surface area (Å²) in [4.78, 5) is 23.7. The average Bonchev–Trinajstić information content (AvgIpc) is 2.90. The van der Waals surface area contributed by atoms with Gasteiger partial charge in [0.1, 0.15) is 6.33 Å². The zero-order valence-electron chi connectivity index (χ0n) is 11.6. The van der Waals surface area contributed by atoms with E-state index in [2.05, 4.69) is 21.0 Å². The summed E-state index contributed by atoms with van der Waals surface area (Å²) in [6, 6.07) is 8.65. The lowest BCUT2D eigenvalue weighted by Crippen LogP contribution is -2.44. The quantitative estimate of drug-likeness (QED) is 0.643. The number of aryl methyl sites for hydroxylation is 1. The number of nitrogens with zero attached hydrogens (tertiary/aromatic N) is 3. The molecule has 2 aromatic rings. The highest BCUT2D eigenvalue weighted by Crippen LogP contribution is 2.19. The molecule has 0 spiro atoms. The SMILES string of the molecule is C[C@H](Sc1nncn1C)C(=O)NNC(=O)c1ccccc1. The van der Waals surface area contributed by atoms with Crippen LogP contribution in [0.4, 0.5) is 0 Å². The highest BCUT2D eigenvalue weighted by molar-refractivity contribution is 8.00. The summed E-state index contributed by atoms with van der Waals surface area (Å²) in [6.07, 6.45) is 1.56. The van der Waals surface area contributed by atoms with Crippen LogP contribution in [0.3, 0.4) is 0 Å². The van der Waals surface area contributed by atoms with Crippen LogP contribution in [0, 0.1) is 0 Å². The Labute approximate surface area is 126 Å². The monoisotopic (exact) mass is 305 g/mol. The zero-order valence-corrected chi connectivity index (χ0v) is 12.4. The van der Waals surface area contributed by atoms with Gasteiger partial charge in [0.15, 0.2) is 5.16 Å². The molecule has 0 radical (unpaired) electrons. The molecule has 7 nitrogen and oxygen atoms in total. The Kier molecular flexibility index (Phi) is 4.94. The fourth-order valence-corrected chi connectivity index (χ4v) is 2.26. The first-order chi connectivity index (χ1) is 10.1. The van der Waals surface area contributed by atoms with Crippen molar-refractivity contribution < 1.29 is 9.59 Å². The summed E-state index contributed by atoms with van der Waals surface area (Å²) in [5.74, 6) is -0.674. The molecule has 21 heavy (non-hydrogen) atoms. The number of aromatic nitrogens is 3. The van der Waals surface area contributed by atoms with Gasteiger partial charge in [-0.25, -0.2) is 0 Å². The Balaban J connectivity index is 1.84. The Hall–Kier alpha value is -2.35. The highest BCUT2D eigenvalue weighted by Gasteiger charge is 2.17. The van der Waals surface area contributed by atoms with E-state index in [9.17, 15) is 9.59 Å². The maximum Gasteiger partial charge on any atom is 0.269 e. The molecule has 2 N–H and O–H groups in total. The minimum atomic E-state index is -0.413. The molecule has 0 saturated carbocycles. The smallest absolute Gasteiger partial charge is 0.269 e. The van der Waals surface area contributed by atoms with E-state index in [1.807, 2.05) is 6.07 Å². The minimum absolute atomic E-state index is 0.313. The van der Waals surface area contributed by atoms with Gasteiger partial charge >= 0.3 is 0 Å². The highest BCUT2D eigenvalue weighted by atomic mass is 32.2. The molecule has 0 aliphatic heterocycles. The number of carbonyl (C=O) groups is 2. The maximum atomic E-state index is 11.9. The van der Waals surface area contributed by atoms with E-state index in [0.29, 0.717) is 10.7 Å². The second-order valence-corrected chi connectivity index (χ2v) is 5.60. The molecule has 0 fully saturated rings. The predicted molar refractivity (Wildman–Crippen MR) is 78.4 cm³/mol. The van der Waals surface area contributed by atoms with Gasteiger partial charge in [-0.05, 0) is 19.1 Å². The first-order valence-electron chi connectivity index (χ1n) is 6.24. The van der Waals surface area contributed by atoms with Crippen LogP contribution in [0.1, 0.15) is 17.3 Å². The van der Waals surface area contributed by atoms with E-state index in [1.54, 1.807) is 49.1 Å². The first-order valence-corrected chi connectivity index (χ1v) is 7.12. The Bertz CT molecular complexity index is 629. The van der Waals surface area contributed by atoms with Crippen molar-refractivity contribution in [3.05, 3.63) is 42.2 Å². The summed E-state index contributed by atoms with van der Waals surface area (Å²) < 4.78 is 1.72. The lowest BCUT2D eigenvalue weighted by molar-refractivity contribution is -0.121. The van der Waals surface area contributed by atoms with Crippen molar-refractivity contribution in [1.29, 1.82) is 0 Å². The number of amides is 2. The van der Waals surface area contributed by atoms with Gasteiger partial charge < -0.3 is 4.57 Å². The summed E-state index contributed by atoms with van der Waals surface area (Å²) in [5.41, 5.74) is 5.25. The van der Waals surface area contributed by atoms with Crippen molar-refractivity contribution in [3.8, 4) is 0 Å². The molecule has 2 amide bonds. The number of hydrazine groups is 1. The van der Waals surface area contributed by atoms with Crippen LogP contribution in [0.15, 0.2) is 41.8 Å². The van der Waals surface area contributed by atoms with E-state index in [-0.39, 0.29) is 11.8 Å². The number of nitrogens with one attached hydrogen (secondary N) is 2. The normalized spacial score (nSPS) is 11.7. The summed E-state index contributed by atoms with van der Waals surface area (Å²) in [7, 11) is 1.80. The molecule has 0 bridgehead atoms. The predicted octanol–water partition coefficient (Wildman–Crippen LogP) is 0.757. The van der Waals surface area contributed by atoms with Crippen LogP contribution in [0.5, 0.6) is 0 Å². The molecule has 1 heterocycles. The topological polar surface area (TPSA) is 88.9 Å². The third-order valence-electron chi connectivity index (χ3n) is 2.66. The van der Waals surface area contributed by atoms with Gasteiger partial charge in [-0.2, -0.15) is 0 Å². The molecule has 8 heteroatoms. The Morgan fingerprint density at radius 1 is 1.24 bits per heavy atom. The fourth-order valence-electron chi connectivity index (χ4n) is 1.47. The first kappa shape index (κ1) is 15.0.